The van der Waals surface area contributed by atoms with Crippen LogP contribution in [0.4, 0.5) is 4.79 Å². The van der Waals surface area contributed by atoms with Crippen LogP contribution in [-0.4, -0.2) is 70.3 Å². The maximum Gasteiger partial charge on any atom is 1.00 e. The fraction of sp³-hybridized carbons (Fsp3) is 0.483. The molecule has 3 saturated heterocycles. The van der Waals surface area contributed by atoms with Crippen molar-refractivity contribution in [2.75, 3.05) is 26.2 Å². The van der Waals surface area contributed by atoms with Gasteiger partial charge in [-0.1, -0.05) is 54.6 Å². The molecular weight excluding hydrogens is 511 g/mol. The quantitative estimate of drug-likeness (QED) is 0.400. The van der Waals surface area contributed by atoms with Crippen LogP contribution < -0.4 is 51.4 Å². The zero-order valence-electron chi connectivity index (χ0n) is 22.1. The zero-order valence-corrected chi connectivity index (χ0v) is 25.3. The monoisotopic (exact) mass is 547 g/mol. The summed E-state index contributed by atoms with van der Waals surface area (Å²) in [6, 6.07) is 18.8. The predicted molar refractivity (Wildman–Crippen MR) is 138 cm³/mol. The van der Waals surface area contributed by atoms with E-state index < -0.39 is 11.9 Å². The SMILES string of the molecule is O=C(O)CCCCC(=O)O.O=C(O[C@H]1CN2CCC1CC2)N1CCc2ccccc2[C@@H]1c1ccccc1.[K+]. The minimum absolute atomic E-state index is 0. The van der Waals surface area contributed by atoms with Crippen molar-refractivity contribution in [2.45, 2.75) is 57.1 Å². The Bertz CT molecular complexity index is 1060. The van der Waals surface area contributed by atoms with Crippen molar-refractivity contribution in [1.82, 2.24) is 9.80 Å². The van der Waals surface area contributed by atoms with Gasteiger partial charge in [-0.25, -0.2) is 4.79 Å². The van der Waals surface area contributed by atoms with Crippen molar-refractivity contribution in [2.24, 2.45) is 5.92 Å². The molecule has 0 unspecified atom stereocenters. The fourth-order valence-electron chi connectivity index (χ4n) is 5.55. The molecule has 1 amide bonds. The van der Waals surface area contributed by atoms with Crippen LogP contribution in [0.5, 0.6) is 0 Å². The average Bonchev–Trinajstić information content (AvgIpc) is 2.92. The van der Waals surface area contributed by atoms with Gasteiger partial charge in [-0.2, -0.15) is 0 Å². The predicted octanol–water partition coefficient (Wildman–Crippen LogP) is 1.58. The molecule has 2 bridgehead atoms. The summed E-state index contributed by atoms with van der Waals surface area (Å²) in [5, 5.41) is 16.3. The zero-order chi connectivity index (χ0) is 26.2. The third kappa shape index (κ3) is 8.37. The summed E-state index contributed by atoms with van der Waals surface area (Å²) in [5.41, 5.74) is 3.70. The van der Waals surface area contributed by atoms with E-state index >= 15 is 0 Å². The maximum atomic E-state index is 13.2. The molecule has 0 aliphatic carbocycles. The van der Waals surface area contributed by atoms with Gasteiger partial charge in [-0.3, -0.25) is 19.4 Å². The third-order valence-electron chi connectivity index (χ3n) is 7.51. The molecule has 4 heterocycles. The molecule has 0 saturated carbocycles. The minimum atomic E-state index is -0.870. The van der Waals surface area contributed by atoms with Crippen molar-refractivity contribution in [3.63, 3.8) is 0 Å². The number of rotatable bonds is 7. The van der Waals surface area contributed by atoms with E-state index in [1.165, 1.54) is 11.1 Å². The standard InChI is InChI=1S/C23H26N2O2.C6H10O4.K/c26-23(27-21-16-24-13-10-18(21)11-14-24)25-15-12-17-6-4-5-9-20(17)22(25)19-7-2-1-3-8-19;7-5(8)3-1-2-4-6(9)10;/h1-9,18,21-22H,10-16H2;1-4H2,(H,7,8)(H,9,10);/q;;+1/t21-,22-;;/m0../s1. The molecule has 4 aliphatic heterocycles. The molecule has 0 aromatic heterocycles. The summed E-state index contributed by atoms with van der Waals surface area (Å²) < 4.78 is 6.08. The Hall–Kier alpha value is -1.75. The number of carbonyl (C=O) groups excluding carboxylic acids is 1. The van der Waals surface area contributed by atoms with Gasteiger partial charge >= 0.3 is 69.4 Å². The molecule has 6 rings (SSSR count). The first kappa shape index (κ1) is 30.8. The first-order chi connectivity index (χ1) is 17.9. The van der Waals surface area contributed by atoms with Crippen LogP contribution in [0.2, 0.25) is 0 Å². The smallest absolute Gasteiger partial charge is 0.481 e. The summed E-state index contributed by atoms with van der Waals surface area (Å²) in [4.78, 5) is 37.4. The molecular formula is C29H36KN2O6+. The Labute approximate surface area is 266 Å². The van der Waals surface area contributed by atoms with E-state index in [2.05, 4.69) is 41.3 Å². The molecule has 2 aromatic rings. The van der Waals surface area contributed by atoms with E-state index in [0.717, 1.165) is 44.5 Å². The number of amides is 1. The molecule has 0 spiro atoms. The molecule has 0 radical (unpaired) electrons. The molecule has 4 aliphatic rings. The van der Waals surface area contributed by atoms with Crippen LogP contribution in [-0.2, 0) is 20.7 Å². The Morgan fingerprint density at radius 3 is 2.03 bits per heavy atom. The fourth-order valence-corrected chi connectivity index (χ4v) is 5.55. The van der Waals surface area contributed by atoms with E-state index in [0.29, 0.717) is 25.3 Å². The van der Waals surface area contributed by atoms with Crippen LogP contribution >= 0.6 is 0 Å². The number of piperidine rings is 3. The molecule has 2 aromatic carbocycles. The number of benzene rings is 2. The summed E-state index contributed by atoms with van der Waals surface area (Å²) >= 11 is 0. The topological polar surface area (TPSA) is 107 Å². The third-order valence-corrected chi connectivity index (χ3v) is 7.51. The minimum Gasteiger partial charge on any atom is -0.481 e. The number of fused-ring (bicyclic) bond motifs is 4. The number of carboxylic acids is 2. The van der Waals surface area contributed by atoms with Gasteiger partial charge in [-0.15, -0.1) is 0 Å². The average molecular weight is 548 g/mol. The van der Waals surface area contributed by atoms with Gasteiger partial charge in [0, 0.05) is 25.9 Å². The number of hydrogen-bond donors (Lipinski definition) is 2. The molecule has 198 valence electrons. The number of aliphatic carboxylic acids is 2. The largest absolute Gasteiger partial charge is 1.00 e. The van der Waals surface area contributed by atoms with Crippen molar-refractivity contribution in [1.29, 1.82) is 0 Å². The summed E-state index contributed by atoms with van der Waals surface area (Å²) in [6.45, 7) is 3.91. The molecule has 2 N–H and O–H groups in total. The molecule has 38 heavy (non-hydrogen) atoms. The number of unbranched alkanes of at least 4 members (excludes halogenated alkanes) is 1. The second-order valence-electron chi connectivity index (χ2n) is 10.0. The molecule has 9 heteroatoms. The van der Waals surface area contributed by atoms with Crippen LogP contribution in [0.15, 0.2) is 54.6 Å². The van der Waals surface area contributed by atoms with E-state index in [9.17, 15) is 14.4 Å². The number of ether oxygens (including phenoxy) is 1. The first-order valence-electron chi connectivity index (χ1n) is 13.2. The Morgan fingerprint density at radius 2 is 1.45 bits per heavy atom. The van der Waals surface area contributed by atoms with Crippen LogP contribution in [0.1, 0.15) is 61.3 Å². The van der Waals surface area contributed by atoms with Gasteiger partial charge < -0.3 is 14.9 Å². The van der Waals surface area contributed by atoms with Crippen LogP contribution in [0.3, 0.4) is 0 Å². The maximum absolute atomic E-state index is 13.2. The Morgan fingerprint density at radius 1 is 0.842 bits per heavy atom. The Balaban J connectivity index is 0.000000314. The number of hydrogen-bond acceptors (Lipinski definition) is 5. The van der Waals surface area contributed by atoms with Gasteiger partial charge in [-0.05, 0) is 67.8 Å². The van der Waals surface area contributed by atoms with E-state index in [-0.39, 0.29) is 82.5 Å². The Kier molecular flexibility index (Phi) is 12.3. The summed E-state index contributed by atoms with van der Waals surface area (Å²) in [7, 11) is 0. The van der Waals surface area contributed by atoms with Gasteiger partial charge in [0.2, 0.25) is 0 Å². The molecule has 3 fully saturated rings. The van der Waals surface area contributed by atoms with Crippen molar-refractivity contribution in [3.05, 3.63) is 71.3 Å². The molecule has 8 nitrogen and oxygen atoms in total. The van der Waals surface area contributed by atoms with Crippen LogP contribution in [0.25, 0.3) is 0 Å². The van der Waals surface area contributed by atoms with E-state index in [4.69, 9.17) is 14.9 Å². The van der Waals surface area contributed by atoms with E-state index in [1.807, 2.05) is 23.1 Å². The second-order valence-corrected chi connectivity index (χ2v) is 10.0. The van der Waals surface area contributed by atoms with Crippen LogP contribution in [0, 0.1) is 5.92 Å². The second kappa shape index (κ2) is 15.1. The number of carboxylic acid groups (broad SMARTS) is 2. The van der Waals surface area contributed by atoms with Gasteiger partial charge in [0.1, 0.15) is 6.10 Å². The summed E-state index contributed by atoms with van der Waals surface area (Å²) in [6.07, 6.45) is 4.11. The van der Waals surface area contributed by atoms with Crippen molar-refractivity contribution < 1.29 is 80.7 Å². The first-order valence-corrected chi connectivity index (χ1v) is 13.2. The normalized spacial score (nSPS) is 23.2. The summed E-state index contributed by atoms with van der Waals surface area (Å²) in [5.74, 6) is -1.21. The van der Waals surface area contributed by atoms with Gasteiger partial charge in [0.25, 0.3) is 0 Å². The van der Waals surface area contributed by atoms with E-state index in [1.54, 1.807) is 0 Å². The van der Waals surface area contributed by atoms with Crippen molar-refractivity contribution in [3.8, 4) is 0 Å². The van der Waals surface area contributed by atoms with Gasteiger partial charge in [0.15, 0.2) is 0 Å². The number of carbonyl (C=O) groups is 3. The van der Waals surface area contributed by atoms with Crippen molar-refractivity contribution >= 4 is 18.0 Å². The number of nitrogens with zero attached hydrogens (tertiary/aromatic N) is 2. The van der Waals surface area contributed by atoms with Gasteiger partial charge in [0.05, 0.1) is 6.04 Å². The molecule has 2 atom stereocenters.